The lowest BCUT2D eigenvalue weighted by atomic mass is 9.88. The summed E-state index contributed by atoms with van der Waals surface area (Å²) in [4.78, 5) is 23.9. The average molecular weight is 326 g/mol. The highest BCUT2D eigenvalue weighted by Crippen LogP contribution is 2.29. The minimum absolute atomic E-state index is 0.0673. The minimum atomic E-state index is -0.815. The predicted octanol–water partition coefficient (Wildman–Crippen LogP) is 1.67. The van der Waals surface area contributed by atoms with Crippen LogP contribution in [0.15, 0.2) is 48.7 Å². The Kier molecular flexibility index (Phi) is 4.74. The van der Waals surface area contributed by atoms with Crippen LogP contribution in [-0.2, 0) is 16.0 Å². The zero-order chi connectivity index (χ0) is 16.9. The number of hydrogen-bond acceptors (Lipinski definition) is 4. The van der Waals surface area contributed by atoms with Gasteiger partial charge in [-0.25, -0.2) is 4.79 Å². The van der Waals surface area contributed by atoms with E-state index in [9.17, 15) is 14.8 Å². The molecule has 1 aromatic carbocycles. The van der Waals surface area contributed by atoms with E-state index in [1.807, 2.05) is 18.2 Å². The standard InChI is InChI=1S/C18H18N2O4/c21-17(12-24-18(22)16-10-3-4-11-20(16)23)19-15-9-5-7-13-6-1-2-8-14(13)15/h1-4,6,8,10-11,15H,5,7,9,12H2,(H,19,21)/t15-/m1/s1. The van der Waals surface area contributed by atoms with Crippen LogP contribution in [0.2, 0.25) is 0 Å². The highest BCUT2D eigenvalue weighted by Gasteiger charge is 2.23. The third kappa shape index (κ3) is 3.53. The van der Waals surface area contributed by atoms with Gasteiger partial charge in [-0.05, 0) is 36.5 Å². The van der Waals surface area contributed by atoms with Gasteiger partial charge in [0.15, 0.2) is 12.8 Å². The Morgan fingerprint density at radius 3 is 2.83 bits per heavy atom. The van der Waals surface area contributed by atoms with E-state index in [2.05, 4.69) is 11.4 Å². The number of esters is 1. The minimum Gasteiger partial charge on any atom is -0.618 e. The van der Waals surface area contributed by atoms with Gasteiger partial charge >= 0.3 is 11.7 Å². The molecule has 1 aliphatic rings. The molecule has 1 aliphatic carbocycles. The third-order valence-corrected chi connectivity index (χ3v) is 4.07. The summed E-state index contributed by atoms with van der Waals surface area (Å²) in [6.07, 6.45) is 4.07. The molecule has 124 valence electrons. The molecule has 0 spiro atoms. The van der Waals surface area contributed by atoms with Crippen LogP contribution in [0.5, 0.6) is 0 Å². The summed E-state index contributed by atoms with van der Waals surface area (Å²) in [7, 11) is 0. The van der Waals surface area contributed by atoms with Gasteiger partial charge in [-0.3, -0.25) is 4.79 Å². The van der Waals surface area contributed by atoms with Crippen molar-refractivity contribution >= 4 is 11.9 Å². The molecule has 0 saturated heterocycles. The Labute approximate surface area is 139 Å². The van der Waals surface area contributed by atoms with E-state index in [-0.39, 0.29) is 17.6 Å². The molecular formula is C18H18N2O4. The molecule has 24 heavy (non-hydrogen) atoms. The summed E-state index contributed by atoms with van der Waals surface area (Å²) in [5.74, 6) is -1.19. The first-order valence-electron chi connectivity index (χ1n) is 7.87. The molecule has 1 heterocycles. The van der Waals surface area contributed by atoms with Crippen LogP contribution in [-0.4, -0.2) is 18.5 Å². The van der Waals surface area contributed by atoms with Gasteiger partial charge in [-0.2, -0.15) is 4.73 Å². The van der Waals surface area contributed by atoms with Crippen molar-refractivity contribution in [3.63, 3.8) is 0 Å². The number of aryl methyl sites for hydroxylation is 1. The van der Waals surface area contributed by atoms with E-state index >= 15 is 0 Å². The molecule has 0 aliphatic heterocycles. The maximum absolute atomic E-state index is 12.1. The van der Waals surface area contributed by atoms with Crippen molar-refractivity contribution in [1.82, 2.24) is 5.32 Å². The van der Waals surface area contributed by atoms with Gasteiger partial charge in [-0.1, -0.05) is 24.3 Å². The molecule has 0 fully saturated rings. The zero-order valence-corrected chi connectivity index (χ0v) is 13.1. The monoisotopic (exact) mass is 326 g/mol. The van der Waals surface area contributed by atoms with Crippen LogP contribution in [0.3, 0.4) is 0 Å². The highest BCUT2D eigenvalue weighted by atomic mass is 16.5. The Balaban J connectivity index is 1.57. The summed E-state index contributed by atoms with van der Waals surface area (Å²) in [6.45, 7) is -0.410. The van der Waals surface area contributed by atoms with Crippen molar-refractivity contribution in [3.05, 3.63) is 70.7 Å². The second-order valence-corrected chi connectivity index (χ2v) is 5.70. The fourth-order valence-corrected chi connectivity index (χ4v) is 2.93. The summed E-state index contributed by atoms with van der Waals surface area (Å²) >= 11 is 0. The van der Waals surface area contributed by atoms with Crippen molar-refractivity contribution in [2.75, 3.05) is 6.61 Å². The van der Waals surface area contributed by atoms with Crippen LogP contribution in [0.4, 0.5) is 0 Å². The number of fused-ring (bicyclic) bond motifs is 1. The van der Waals surface area contributed by atoms with E-state index in [1.54, 1.807) is 6.07 Å². The lowest BCUT2D eigenvalue weighted by molar-refractivity contribution is -0.608. The first-order chi connectivity index (χ1) is 11.6. The third-order valence-electron chi connectivity index (χ3n) is 4.07. The maximum Gasteiger partial charge on any atom is 0.405 e. The van der Waals surface area contributed by atoms with Gasteiger partial charge in [0.25, 0.3) is 5.91 Å². The van der Waals surface area contributed by atoms with Crippen LogP contribution >= 0.6 is 0 Å². The fourth-order valence-electron chi connectivity index (χ4n) is 2.93. The van der Waals surface area contributed by atoms with Gasteiger partial charge in [0.2, 0.25) is 0 Å². The van der Waals surface area contributed by atoms with Crippen molar-refractivity contribution in [2.24, 2.45) is 0 Å². The highest BCUT2D eigenvalue weighted by molar-refractivity contribution is 5.88. The number of amides is 1. The van der Waals surface area contributed by atoms with Crippen LogP contribution in [0.25, 0.3) is 0 Å². The second kappa shape index (κ2) is 7.12. The molecule has 1 amide bonds. The molecule has 0 radical (unpaired) electrons. The summed E-state index contributed by atoms with van der Waals surface area (Å²) in [6, 6.07) is 12.4. The number of hydrogen-bond donors (Lipinski definition) is 1. The Morgan fingerprint density at radius 2 is 2.00 bits per heavy atom. The molecular weight excluding hydrogens is 308 g/mol. The van der Waals surface area contributed by atoms with E-state index in [0.29, 0.717) is 4.73 Å². The topological polar surface area (TPSA) is 82.3 Å². The Morgan fingerprint density at radius 1 is 1.21 bits per heavy atom. The molecule has 0 saturated carbocycles. The number of nitrogens with one attached hydrogen (secondary N) is 1. The lowest BCUT2D eigenvalue weighted by Crippen LogP contribution is -2.37. The van der Waals surface area contributed by atoms with Crippen LogP contribution < -0.4 is 10.0 Å². The van der Waals surface area contributed by atoms with Gasteiger partial charge in [-0.15, -0.1) is 0 Å². The number of carbonyl (C=O) groups is 2. The van der Waals surface area contributed by atoms with Gasteiger partial charge in [0, 0.05) is 12.1 Å². The molecule has 1 atom stereocenters. The van der Waals surface area contributed by atoms with E-state index in [4.69, 9.17) is 4.74 Å². The van der Waals surface area contributed by atoms with E-state index in [1.165, 1.54) is 23.9 Å². The smallest absolute Gasteiger partial charge is 0.405 e. The molecule has 6 nitrogen and oxygen atoms in total. The van der Waals surface area contributed by atoms with Gasteiger partial charge in [0.05, 0.1) is 6.04 Å². The SMILES string of the molecule is O=C(COC(=O)c1cccc[n+]1[O-])N[C@@H]1CCCc2ccccc21. The Bertz CT molecular complexity index is 760. The molecule has 0 bridgehead atoms. The van der Waals surface area contributed by atoms with E-state index in [0.717, 1.165) is 24.8 Å². The number of ether oxygens (including phenoxy) is 1. The van der Waals surface area contributed by atoms with Gasteiger partial charge < -0.3 is 15.3 Å². The van der Waals surface area contributed by atoms with Crippen molar-refractivity contribution in [2.45, 2.75) is 25.3 Å². The first-order valence-corrected chi connectivity index (χ1v) is 7.87. The molecule has 2 aromatic rings. The lowest BCUT2D eigenvalue weighted by Gasteiger charge is -2.26. The summed E-state index contributed by atoms with van der Waals surface area (Å²) in [5.41, 5.74) is 2.21. The van der Waals surface area contributed by atoms with Crippen LogP contribution in [0.1, 0.15) is 40.5 Å². The largest absolute Gasteiger partial charge is 0.618 e. The number of rotatable bonds is 4. The number of pyridine rings is 1. The van der Waals surface area contributed by atoms with E-state index < -0.39 is 12.6 Å². The number of benzene rings is 1. The average Bonchev–Trinajstić information content (AvgIpc) is 2.60. The predicted molar refractivity (Wildman–Crippen MR) is 85.9 cm³/mol. The fraction of sp³-hybridized carbons (Fsp3) is 0.278. The normalized spacial score (nSPS) is 16.1. The maximum atomic E-state index is 12.1. The molecule has 1 aromatic heterocycles. The molecule has 1 N–H and O–H groups in total. The zero-order valence-electron chi connectivity index (χ0n) is 13.1. The van der Waals surface area contributed by atoms with Crippen LogP contribution in [0, 0.1) is 5.21 Å². The van der Waals surface area contributed by atoms with Crippen molar-refractivity contribution in [3.8, 4) is 0 Å². The summed E-state index contributed by atoms with van der Waals surface area (Å²) < 4.78 is 5.34. The molecule has 6 heteroatoms. The summed E-state index contributed by atoms with van der Waals surface area (Å²) in [5, 5.41) is 14.4. The number of nitrogens with zero attached hydrogens (tertiary/aromatic N) is 1. The quantitative estimate of drug-likeness (QED) is 0.526. The molecule has 0 unspecified atom stereocenters. The van der Waals surface area contributed by atoms with Crippen molar-refractivity contribution < 1.29 is 19.1 Å². The number of aromatic nitrogens is 1. The molecule has 3 rings (SSSR count). The first kappa shape index (κ1) is 16.0. The number of carbonyl (C=O) groups excluding carboxylic acids is 2. The van der Waals surface area contributed by atoms with Crippen molar-refractivity contribution in [1.29, 1.82) is 0 Å². The van der Waals surface area contributed by atoms with Gasteiger partial charge in [0.1, 0.15) is 0 Å². The second-order valence-electron chi connectivity index (χ2n) is 5.70. The Hall–Kier alpha value is -2.89.